The first-order valence-electron chi connectivity index (χ1n) is 4.45. The number of hydrogen-bond acceptors (Lipinski definition) is 4. The van der Waals surface area contributed by atoms with Crippen LogP contribution in [0.25, 0.3) is 20.7 Å². The van der Waals surface area contributed by atoms with Crippen molar-refractivity contribution in [1.29, 1.82) is 0 Å². The van der Waals surface area contributed by atoms with E-state index in [4.69, 9.17) is 11.3 Å². The first-order valence-corrected chi connectivity index (χ1v) is 5.27. The van der Waals surface area contributed by atoms with Crippen molar-refractivity contribution in [3.05, 3.63) is 34.2 Å². The number of anilines is 1. The molecule has 0 unspecified atom stereocenters. The van der Waals surface area contributed by atoms with Gasteiger partial charge in [-0.15, -0.1) is 0 Å². The van der Waals surface area contributed by atoms with Gasteiger partial charge in [-0.25, -0.2) is 4.98 Å². The Hall–Kier alpha value is -2.22. The summed E-state index contributed by atoms with van der Waals surface area (Å²) in [7, 11) is 0. The summed E-state index contributed by atoms with van der Waals surface area (Å²) < 4.78 is 1.01. The Morgan fingerprint density at radius 3 is 3.25 bits per heavy atom. The van der Waals surface area contributed by atoms with E-state index in [2.05, 4.69) is 26.9 Å². The van der Waals surface area contributed by atoms with Crippen LogP contribution in [0.1, 0.15) is 5.56 Å². The smallest absolute Gasteiger partial charge is 0.181 e. The average Bonchev–Trinajstić information content (AvgIpc) is 2.64. The molecule has 1 heterocycles. The quantitative estimate of drug-likeness (QED) is 0.352. The normalized spacial score (nSPS) is 9.25. The molecule has 0 radical (unpaired) electrons. The standard InChI is InChI=1S/C10H7N5S/c11-10-14-8-4-3-7(6-9(8)16-10)2-1-5-13-15-12/h3-4,6H,5H2,(H2,11,14). The fourth-order valence-corrected chi connectivity index (χ4v) is 2.00. The van der Waals surface area contributed by atoms with E-state index < -0.39 is 0 Å². The summed E-state index contributed by atoms with van der Waals surface area (Å²) in [6.45, 7) is 0.180. The van der Waals surface area contributed by atoms with Gasteiger partial charge in [0.05, 0.1) is 16.8 Å². The van der Waals surface area contributed by atoms with Gasteiger partial charge < -0.3 is 5.73 Å². The lowest BCUT2D eigenvalue weighted by Crippen LogP contribution is -1.79. The van der Waals surface area contributed by atoms with Gasteiger partial charge in [0.15, 0.2) is 5.13 Å². The lowest BCUT2D eigenvalue weighted by molar-refractivity contribution is 1.25. The molecule has 0 bridgehead atoms. The van der Waals surface area contributed by atoms with E-state index in [1.807, 2.05) is 18.2 Å². The second-order valence-electron chi connectivity index (χ2n) is 2.93. The number of nitrogens with zero attached hydrogens (tertiary/aromatic N) is 4. The van der Waals surface area contributed by atoms with Crippen molar-refractivity contribution in [3.63, 3.8) is 0 Å². The molecule has 0 atom stereocenters. The van der Waals surface area contributed by atoms with Crippen LogP contribution in [0.15, 0.2) is 23.3 Å². The van der Waals surface area contributed by atoms with Crippen molar-refractivity contribution in [2.24, 2.45) is 5.11 Å². The van der Waals surface area contributed by atoms with Crippen molar-refractivity contribution >= 4 is 26.7 Å². The van der Waals surface area contributed by atoms with Gasteiger partial charge >= 0.3 is 0 Å². The number of nitrogen functional groups attached to an aromatic ring is 1. The number of aromatic nitrogens is 1. The Kier molecular flexibility index (Phi) is 2.92. The minimum absolute atomic E-state index is 0.180. The van der Waals surface area contributed by atoms with Crippen LogP contribution in [0.3, 0.4) is 0 Å². The monoisotopic (exact) mass is 229 g/mol. The molecule has 0 aliphatic carbocycles. The van der Waals surface area contributed by atoms with Crippen molar-refractivity contribution in [2.45, 2.75) is 0 Å². The molecule has 0 spiro atoms. The van der Waals surface area contributed by atoms with E-state index in [0.29, 0.717) is 5.13 Å². The topological polar surface area (TPSA) is 87.7 Å². The van der Waals surface area contributed by atoms with Gasteiger partial charge in [-0.1, -0.05) is 28.3 Å². The lowest BCUT2D eigenvalue weighted by atomic mass is 10.2. The molecular weight excluding hydrogens is 222 g/mol. The van der Waals surface area contributed by atoms with E-state index in [-0.39, 0.29) is 6.54 Å². The summed E-state index contributed by atoms with van der Waals surface area (Å²) in [4.78, 5) is 6.76. The van der Waals surface area contributed by atoms with Gasteiger partial charge in [-0.05, 0) is 23.7 Å². The first kappa shape index (κ1) is 10.3. The summed E-state index contributed by atoms with van der Waals surface area (Å²) in [6, 6.07) is 5.66. The lowest BCUT2D eigenvalue weighted by Gasteiger charge is -1.89. The van der Waals surface area contributed by atoms with Crippen molar-refractivity contribution in [3.8, 4) is 11.8 Å². The Morgan fingerprint density at radius 2 is 2.44 bits per heavy atom. The highest BCUT2D eigenvalue weighted by molar-refractivity contribution is 7.22. The number of benzene rings is 1. The van der Waals surface area contributed by atoms with Crippen LogP contribution in [-0.2, 0) is 0 Å². The Bertz CT molecular complexity index is 627. The fraction of sp³-hybridized carbons (Fsp3) is 0.100. The number of azide groups is 1. The van der Waals surface area contributed by atoms with Gasteiger partial charge in [-0.2, -0.15) is 0 Å². The third kappa shape index (κ3) is 2.23. The van der Waals surface area contributed by atoms with Crippen molar-refractivity contribution in [2.75, 3.05) is 12.3 Å². The highest BCUT2D eigenvalue weighted by Gasteiger charge is 2.00. The maximum atomic E-state index is 8.08. The third-order valence-electron chi connectivity index (χ3n) is 1.85. The van der Waals surface area contributed by atoms with Crippen LogP contribution >= 0.6 is 11.3 Å². The molecule has 2 aromatic rings. The Balaban J connectivity index is 2.30. The highest BCUT2D eigenvalue weighted by atomic mass is 32.1. The third-order valence-corrected chi connectivity index (χ3v) is 2.70. The molecule has 5 nitrogen and oxygen atoms in total. The van der Waals surface area contributed by atoms with Crippen LogP contribution in [0.5, 0.6) is 0 Å². The van der Waals surface area contributed by atoms with Gasteiger partial charge in [0.25, 0.3) is 0 Å². The maximum Gasteiger partial charge on any atom is 0.181 e. The molecule has 1 aromatic carbocycles. The van der Waals surface area contributed by atoms with Gasteiger partial charge in [-0.3, -0.25) is 0 Å². The van der Waals surface area contributed by atoms with Crippen LogP contribution in [0.2, 0.25) is 0 Å². The highest BCUT2D eigenvalue weighted by Crippen LogP contribution is 2.24. The van der Waals surface area contributed by atoms with Gasteiger partial charge in [0.2, 0.25) is 0 Å². The number of thiazole rings is 1. The second-order valence-corrected chi connectivity index (χ2v) is 3.99. The molecule has 16 heavy (non-hydrogen) atoms. The van der Waals surface area contributed by atoms with E-state index in [1.165, 1.54) is 11.3 Å². The molecule has 6 heteroatoms. The Morgan fingerprint density at radius 1 is 1.56 bits per heavy atom. The van der Waals surface area contributed by atoms with E-state index in [0.717, 1.165) is 15.8 Å². The molecule has 0 amide bonds. The molecule has 0 aliphatic rings. The van der Waals surface area contributed by atoms with Crippen LogP contribution in [-0.4, -0.2) is 11.5 Å². The summed E-state index contributed by atoms with van der Waals surface area (Å²) in [6.07, 6.45) is 0. The maximum absolute atomic E-state index is 8.08. The molecular formula is C10H7N5S. The fourth-order valence-electron chi connectivity index (χ4n) is 1.23. The Labute approximate surface area is 95.5 Å². The average molecular weight is 229 g/mol. The number of fused-ring (bicyclic) bond motifs is 1. The summed E-state index contributed by atoms with van der Waals surface area (Å²) >= 11 is 1.43. The zero-order valence-electron chi connectivity index (χ0n) is 8.21. The van der Waals surface area contributed by atoms with E-state index in [1.54, 1.807) is 0 Å². The zero-order chi connectivity index (χ0) is 11.4. The minimum atomic E-state index is 0.180. The molecule has 0 fully saturated rings. The van der Waals surface area contributed by atoms with E-state index in [9.17, 15) is 0 Å². The predicted octanol–water partition coefficient (Wildman–Crippen LogP) is 2.54. The molecule has 1 aromatic heterocycles. The van der Waals surface area contributed by atoms with Crippen LogP contribution < -0.4 is 5.73 Å². The summed E-state index contributed by atoms with van der Waals surface area (Å²) in [5.41, 5.74) is 15.4. The minimum Gasteiger partial charge on any atom is -0.375 e. The SMILES string of the molecule is [N-]=[N+]=NCC#Cc1ccc2nc(N)sc2c1. The van der Waals surface area contributed by atoms with Gasteiger partial charge in [0, 0.05) is 10.5 Å². The van der Waals surface area contributed by atoms with Crippen LogP contribution in [0.4, 0.5) is 5.13 Å². The van der Waals surface area contributed by atoms with E-state index >= 15 is 0 Å². The molecule has 0 saturated heterocycles. The molecule has 78 valence electrons. The molecule has 0 saturated carbocycles. The van der Waals surface area contributed by atoms with Crippen LogP contribution in [0, 0.1) is 11.8 Å². The van der Waals surface area contributed by atoms with Crippen molar-refractivity contribution < 1.29 is 0 Å². The largest absolute Gasteiger partial charge is 0.375 e. The number of hydrogen-bond donors (Lipinski definition) is 1. The summed E-state index contributed by atoms with van der Waals surface area (Å²) in [5.74, 6) is 5.66. The molecule has 2 N–H and O–H groups in total. The predicted molar refractivity (Wildman–Crippen MR) is 64.9 cm³/mol. The van der Waals surface area contributed by atoms with Crippen molar-refractivity contribution in [1.82, 2.24) is 4.98 Å². The number of rotatable bonds is 1. The molecule has 0 aliphatic heterocycles. The first-order chi connectivity index (χ1) is 7.79. The second kappa shape index (κ2) is 4.53. The molecule has 2 rings (SSSR count). The number of nitrogens with two attached hydrogens (primary N) is 1. The zero-order valence-corrected chi connectivity index (χ0v) is 9.03. The van der Waals surface area contributed by atoms with Gasteiger partial charge in [0.1, 0.15) is 0 Å². The summed E-state index contributed by atoms with van der Waals surface area (Å²) in [5, 5.41) is 3.88.